The molecule has 1 atom stereocenters. The molecule has 1 aliphatic rings. The van der Waals surface area contributed by atoms with E-state index in [2.05, 4.69) is 28.7 Å². The lowest BCUT2D eigenvalue weighted by molar-refractivity contribution is 0.721. The fraction of sp³-hybridized carbons (Fsp3) is 0.636. The summed E-state index contributed by atoms with van der Waals surface area (Å²) < 4.78 is 0. The van der Waals surface area contributed by atoms with Crippen molar-refractivity contribution in [1.82, 2.24) is 9.97 Å². The molecule has 1 aliphatic heterocycles. The van der Waals surface area contributed by atoms with Crippen LogP contribution in [0.25, 0.3) is 0 Å². The van der Waals surface area contributed by atoms with Gasteiger partial charge in [-0.15, -0.1) is 0 Å². The maximum absolute atomic E-state index is 6.08. The highest BCUT2D eigenvalue weighted by molar-refractivity contribution is 6.30. The van der Waals surface area contributed by atoms with Gasteiger partial charge in [0.15, 0.2) is 0 Å². The van der Waals surface area contributed by atoms with E-state index in [4.69, 9.17) is 11.6 Å². The van der Waals surface area contributed by atoms with Crippen LogP contribution in [-0.4, -0.2) is 22.6 Å². The molecular weight excluding hydrogens is 210 g/mol. The number of rotatable bonds is 2. The minimum absolute atomic E-state index is 0.571. The van der Waals surface area contributed by atoms with Crippen LogP contribution in [0.2, 0.25) is 5.15 Å². The average molecular weight is 226 g/mol. The Balaban J connectivity index is 2.38. The van der Waals surface area contributed by atoms with E-state index in [-0.39, 0.29) is 0 Å². The molecule has 2 heterocycles. The molecule has 1 saturated heterocycles. The van der Waals surface area contributed by atoms with E-state index in [1.165, 1.54) is 12.8 Å². The Morgan fingerprint density at radius 1 is 1.53 bits per heavy atom. The Labute approximate surface area is 95.5 Å². The van der Waals surface area contributed by atoms with Crippen LogP contribution in [0.3, 0.4) is 0 Å². The largest absolute Gasteiger partial charge is 0.354 e. The highest BCUT2D eigenvalue weighted by Crippen LogP contribution is 2.29. The Morgan fingerprint density at radius 2 is 2.33 bits per heavy atom. The number of nitrogens with zero attached hydrogens (tertiary/aromatic N) is 3. The van der Waals surface area contributed by atoms with Gasteiger partial charge in [-0.2, -0.15) is 0 Å². The average Bonchev–Trinajstić information content (AvgIpc) is 2.64. The molecule has 15 heavy (non-hydrogen) atoms. The lowest BCUT2D eigenvalue weighted by atomic mass is 10.2. The maximum atomic E-state index is 6.08. The molecule has 0 aliphatic carbocycles. The second kappa shape index (κ2) is 4.35. The lowest BCUT2D eigenvalue weighted by Gasteiger charge is -2.24. The molecular formula is C11H16ClN3. The molecule has 0 saturated carbocycles. The van der Waals surface area contributed by atoms with Crippen molar-refractivity contribution in [3.8, 4) is 0 Å². The molecule has 1 fully saturated rings. The van der Waals surface area contributed by atoms with Crippen LogP contribution in [0.1, 0.15) is 32.3 Å². The van der Waals surface area contributed by atoms with Crippen molar-refractivity contribution in [2.45, 2.75) is 39.2 Å². The summed E-state index contributed by atoms with van der Waals surface area (Å²) >= 11 is 6.08. The standard InChI is InChI=1S/C11H16ClN3/c1-3-9-10(12)13-7-14-11(9)15-6-4-5-8(15)2/h7-8H,3-6H2,1-2H3. The van der Waals surface area contributed by atoms with E-state index < -0.39 is 0 Å². The van der Waals surface area contributed by atoms with Gasteiger partial charge in [0.2, 0.25) is 0 Å². The minimum Gasteiger partial charge on any atom is -0.354 e. The third-order valence-electron chi connectivity index (χ3n) is 3.05. The molecule has 0 N–H and O–H groups in total. The van der Waals surface area contributed by atoms with E-state index in [0.29, 0.717) is 11.2 Å². The summed E-state index contributed by atoms with van der Waals surface area (Å²) in [6.07, 6.45) is 4.93. The van der Waals surface area contributed by atoms with Crippen molar-refractivity contribution in [1.29, 1.82) is 0 Å². The molecule has 1 aromatic rings. The molecule has 0 radical (unpaired) electrons. The first kappa shape index (κ1) is 10.7. The Bertz CT molecular complexity index is 354. The second-order valence-electron chi connectivity index (χ2n) is 4.00. The van der Waals surface area contributed by atoms with Crippen molar-refractivity contribution in [3.63, 3.8) is 0 Å². The van der Waals surface area contributed by atoms with Crippen molar-refractivity contribution in [2.75, 3.05) is 11.4 Å². The maximum Gasteiger partial charge on any atom is 0.137 e. The second-order valence-corrected chi connectivity index (χ2v) is 4.36. The van der Waals surface area contributed by atoms with Crippen LogP contribution >= 0.6 is 11.6 Å². The molecule has 2 rings (SSSR count). The van der Waals surface area contributed by atoms with Gasteiger partial charge in [0.1, 0.15) is 17.3 Å². The molecule has 1 unspecified atom stereocenters. The van der Waals surface area contributed by atoms with Crippen molar-refractivity contribution < 1.29 is 0 Å². The molecule has 0 bridgehead atoms. The van der Waals surface area contributed by atoms with Crippen LogP contribution in [-0.2, 0) is 6.42 Å². The fourth-order valence-corrected chi connectivity index (χ4v) is 2.44. The number of hydrogen-bond donors (Lipinski definition) is 0. The van der Waals surface area contributed by atoms with Crippen LogP contribution in [0, 0.1) is 0 Å². The van der Waals surface area contributed by atoms with E-state index >= 15 is 0 Å². The predicted molar refractivity (Wildman–Crippen MR) is 62.5 cm³/mol. The van der Waals surface area contributed by atoms with Gasteiger partial charge < -0.3 is 4.90 Å². The summed E-state index contributed by atoms with van der Waals surface area (Å²) in [5.74, 6) is 1.03. The number of hydrogen-bond acceptors (Lipinski definition) is 3. The van der Waals surface area contributed by atoms with Crippen LogP contribution in [0.5, 0.6) is 0 Å². The van der Waals surface area contributed by atoms with Crippen LogP contribution in [0.15, 0.2) is 6.33 Å². The van der Waals surface area contributed by atoms with E-state index in [1.54, 1.807) is 6.33 Å². The summed E-state index contributed by atoms with van der Waals surface area (Å²) in [4.78, 5) is 10.7. The molecule has 0 spiro atoms. The smallest absolute Gasteiger partial charge is 0.137 e. The molecule has 0 aromatic carbocycles. The zero-order valence-corrected chi connectivity index (χ0v) is 9.96. The summed E-state index contributed by atoms with van der Waals surface area (Å²) in [6, 6.07) is 0.571. The van der Waals surface area contributed by atoms with Gasteiger partial charge in [-0.25, -0.2) is 9.97 Å². The fourth-order valence-electron chi connectivity index (χ4n) is 2.18. The Kier molecular flexibility index (Phi) is 3.10. The van der Waals surface area contributed by atoms with E-state index in [9.17, 15) is 0 Å². The number of anilines is 1. The normalized spacial score (nSPS) is 21.0. The van der Waals surface area contributed by atoms with Gasteiger partial charge in [-0.05, 0) is 26.2 Å². The first-order valence-corrected chi connectivity index (χ1v) is 5.87. The number of aromatic nitrogens is 2. The third kappa shape index (κ3) is 1.93. The van der Waals surface area contributed by atoms with Gasteiger partial charge in [-0.1, -0.05) is 18.5 Å². The van der Waals surface area contributed by atoms with Crippen LogP contribution in [0.4, 0.5) is 5.82 Å². The first-order valence-electron chi connectivity index (χ1n) is 5.50. The van der Waals surface area contributed by atoms with Gasteiger partial charge in [0.05, 0.1) is 0 Å². The van der Waals surface area contributed by atoms with E-state index in [0.717, 1.165) is 24.3 Å². The van der Waals surface area contributed by atoms with Gasteiger partial charge in [-0.3, -0.25) is 0 Å². The SMILES string of the molecule is CCc1c(Cl)ncnc1N1CCCC1C. The summed E-state index contributed by atoms with van der Waals surface area (Å²) in [5.41, 5.74) is 1.08. The highest BCUT2D eigenvalue weighted by atomic mass is 35.5. The minimum atomic E-state index is 0.571. The van der Waals surface area contributed by atoms with Crippen molar-refractivity contribution in [2.24, 2.45) is 0 Å². The van der Waals surface area contributed by atoms with Crippen LogP contribution < -0.4 is 4.90 Å². The lowest BCUT2D eigenvalue weighted by Crippen LogP contribution is -2.28. The summed E-state index contributed by atoms with van der Waals surface area (Å²) in [6.45, 7) is 5.42. The topological polar surface area (TPSA) is 29.0 Å². The van der Waals surface area contributed by atoms with Crippen molar-refractivity contribution in [3.05, 3.63) is 17.0 Å². The first-order chi connectivity index (χ1) is 7.24. The number of halogens is 1. The van der Waals surface area contributed by atoms with Crippen molar-refractivity contribution >= 4 is 17.4 Å². The van der Waals surface area contributed by atoms with Gasteiger partial charge in [0.25, 0.3) is 0 Å². The molecule has 82 valence electrons. The summed E-state index contributed by atoms with van der Waals surface area (Å²) in [7, 11) is 0. The third-order valence-corrected chi connectivity index (χ3v) is 3.37. The quantitative estimate of drug-likeness (QED) is 0.725. The summed E-state index contributed by atoms with van der Waals surface area (Å²) in [5, 5.41) is 0.599. The zero-order valence-electron chi connectivity index (χ0n) is 9.20. The monoisotopic (exact) mass is 225 g/mol. The molecule has 0 amide bonds. The van der Waals surface area contributed by atoms with Gasteiger partial charge >= 0.3 is 0 Å². The predicted octanol–water partition coefficient (Wildman–Crippen LogP) is 2.68. The van der Waals surface area contributed by atoms with Gasteiger partial charge in [0, 0.05) is 18.2 Å². The Morgan fingerprint density at radius 3 is 2.93 bits per heavy atom. The Hall–Kier alpha value is -0.830. The highest BCUT2D eigenvalue weighted by Gasteiger charge is 2.24. The molecule has 3 nitrogen and oxygen atoms in total. The molecule has 4 heteroatoms. The molecule has 1 aromatic heterocycles. The zero-order chi connectivity index (χ0) is 10.8. The van der Waals surface area contributed by atoms with E-state index in [1.807, 2.05) is 0 Å².